The Morgan fingerprint density at radius 1 is 1.29 bits per heavy atom. The molecule has 1 aliphatic rings. The van der Waals surface area contributed by atoms with Crippen LogP contribution in [0.3, 0.4) is 0 Å². The van der Waals surface area contributed by atoms with Crippen molar-refractivity contribution in [3.8, 4) is 17.6 Å². The fourth-order valence-electron chi connectivity index (χ4n) is 2.38. The standard InChI is InChI=1S/C14H11N9O/c15-6-8-3-4-9(20-19-8)7-23-13-10(2-1-5-17-13)18-14(23)11-12(16)22-24-21-11/h1-5,19-20H,7H2,(H2,16,22). The summed E-state index contributed by atoms with van der Waals surface area (Å²) in [4.78, 5) is 8.90. The Morgan fingerprint density at radius 2 is 2.21 bits per heavy atom. The summed E-state index contributed by atoms with van der Waals surface area (Å²) in [7, 11) is 0. The second kappa shape index (κ2) is 5.40. The fourth-order valence-corrected chi connectivity index (χ4v) is 2.38. The second-order valence-corrected chi connectivity index (χ2v) is 5.00. The average molecular weight is 321 g/mol. The van der Waals surface area contributed by atoms with Crippen molar-refractivity contribution in [1.29, 1.82) is 5.26 Å². The summed E-state index contributed by atoms with van der Waals surface area (Å²) < 4.78 is 6.53. The summed E-state index contributed by atoms with van der Waals surface area (Å²) in [6, 6.07) is 5.67. The molecule has 4 heterocycles. The number of rotatable bonds is 3. The van der Waals surface area contributed by atoms with Crippen LogP contribution in [0.1, 0.15) is 0 Å². The van der Waals surface area contributed by atoms with Crippen molar-refractivity contribution in [2.24, 2.45) is 0 Å². The number of hydrogen-bond acceptors (Lipinski definition) is 9. The first-order valence-corrected chi connectivity index (χ1v) is 6.99. The molecule has 24 heavy (non-hydrogen) atoms. The molecule has 1 aliphatic heterocycles. The number of allylic oxidation sites excluding steroid dienone is 4. The van der Waals surface area contributed by atoms with Crippen LogP contribution in [0.25, 0.3) is 22.7 Å². The zero-order valence-electron chi connectivity index (χ0n) is 12.3. The minimum atomic E-state index is 0.155. The topological polar surface area (TPSA) is 144 Å². The number of imidazole rings is 1. The summed E-state index contributed by atoms with van der Waals surface area (Å²) >= 11 is 0. The molecule has 0 atom stereocenters. The lowest BCUT2D eigenvalue weighted by Gasteiger charge is -2.17. The summed E-state index contributed by atoms with van der Waals surface area (Å²) in [5.41, 5.74) is 14.5. The molecule has 0 saturated carbocycles. The van der Waals surface area contributed by atoms with Gasteiger partial charge in [0, 0.05) is 6.20 Å². The summed E-state index contributed by atoms with van der Waals surface area (Å²) in [6.07, 6.45) is 5.17. The van der Waals surface area contributed by atoms with Gasteiger partial charge in [0.05, 0.1) is 12.2 Å². The molecular formula is C14H11N9O. The van der Waals surface area contributed by atoms with Gasteiger partial charge < -0.3 is 15.7 Å². The molecule has 3 aromatic rings. The van der Waals surface area contributed by atoms with Gasteiger partial charge in [-0.05, 0) is 34.6 Å². The molecule has 0 fully saturated rings. The van der Waals surface area contributed by atoms with Crippen molar-refractivity contribution in [2.45, 2.75) is 6.54 Å². The van der Waals surface area contributed by atoms with Gasteiger partial charge in [0.2, 0.25) is 0 Å². The van der Waals surface area contributed by atoms with Crippen molar-refractivity contribution >= 4 is 17.0 Å². The highest BCUT2D eigenvalue weighted by molar-refractivity contribution is 5.78. The first-order chi connectivity index (χ1) is 11.8. The van der Waals surface area contributed by atoms with Gasteiger partial charge in [-0.15, -0.1) is 0 Å². The molecule has 118 valence electrons. The normalized spacial score (nSPS) is 13.6. The Bertz CT molecular complexity index is 1020. The number of pyridine rings is 1. The van der Waals surface area contributed by atoms with Crippen LogP contribution in [-0.4, -0.2) is 24.8 Å². The Kier molecular flexibility index (Phi) is 3.10. The maximum absolute atomic E-state index is 8.86. The Morgan fingerprint density at radius 3 is 2.92 bits per heavy atom. The zero-order valence-corrected chi connectivity index (χ0v) is 12.3. The van der Waals surface area contributed by atoms with Crippen molar-refractivity contribution in [1.82, 2.24) is 35.7 Å². The molecular weight excluding hydrogens is 310 g/mol. The van der Waals surface area contributed by atoms with E-state index in [1.165, 1.54) is 0 Å². The lowest BCUT2D eigenvalue weighted by atomic mass is 10.3. The summed E-state index contributed by atoms with van der Waals surface area (Å²) in [5, 5.41) is 16.3. The fraction of sp³-hybridized carbons (Fsp3) is 0.0714. The van der Waals surface area contributed by atoms with Gasteiger partial charge in [-0.2, -0.15) is 5.26 Å². The summed E-state index contributed by atoms with van der Waals surface area (Å²) in [5.74, 6) is 0.655. The number of nitrogens with two attached hydrogens (primary N) is 1. The molecule has 0 radical (unpaired) electrons. The molecule has 0 spiro atoms. The van der Waals surface area contributed by atoms with Crippen LogP contribution in [0.15, 0.2) is 46.5 Å². The zero-order chi connectivity index (χ0) is 16.5. The SMILES string of the molecule is N#CC1=CC=C(Cn2c(-c3nonc3N)nc3cccnc32)NN1. The van der Waals surface area contributed by atoms with E-state index in [9.17, 15) is 0 Å². The van der Waals surface area contributed by atoms with E-state index in [1.54, 1.807) is 24.4 Å². The van der Waals surface area contributed by atoms with Crippen molar-refractivity contribution in [2.75, 3.05) is 5.73 Å². The van der Waals surface area contributed by atoms with E-state index >= 15 is 0 Å². The monoisotopic (exact) mass is 321 g/mol. The first kappa shape index (κ1) is 13.8. The second-order valence-electron chi connectivity index (χ2n) is 5.00. The van der Waals surface area contributed by atoms with E-state index in [-0.39, 0.29) is 5.82 Å². The number of fused-ring (bicyclic) bond motifs is 1. The number of hydrogen-bond donors (Lipinski definition) is 3. The quantitative estimate of drug-likeness (QED) is 0.626. The summed E-state index contributed by atoms with van der Waals surface area (Å²) in [6.45, 7) is 0.414. The van der Waals surface area contributed by atoms with Gasteiger partial charge >= 0.3 is 0 Å². The Labute approximate surface area is 135 Å². The van der Waals surface area contributed by atoms with E-state index in [1.807, 2.05) is 16.7 Å². The predicted octanol–water partition coefficient (Wildman–Crippen LogP) is 0.463. The smallest absolute Gasteiger partial charge is 0.199 e. The van der Waals surface area contributed by atoms with Gasteiger partial charge in [-0.1, -0.05) is 0 Å². The Balaban J connectivity index is 1.82. The van der Waals surface area contributed by atoms with Gasteiger partial charge in [-0.25, -0.2) is 14.6 Å². The number of aromatic nitrogens is 5. The molecule has 4 N–H and O–H groups in total. The molecule has 0 aliphatic carbocycles. The van der Waals surface area contributed by atoms with Crippen molar-refractivity contribution in [3.63, 3.8) is 0 Å². The van der Waals surface area contributed by atoms with Crippen LogP contribution in [-0.2, 0) is 6.54 Å². The maximum atomic E-state index is 8.86. The third-order valence-corrected chi connectivity index (χ3v) is 3.49. The molecule has 0 amide bonds. The maximum Gasteiger partial charge on any atom is 0.199 e. The van der Waals surface area contributed by atoms with Crippen LogP contribution < -0.4 is 16.6 Å². The number of anilines is 1. The van der Waals surface area contributed by atoms with E-state index < -0.39 is 0 Å². The lowest BCUT2D eigenvalue weighted by molar-refractivity contribution is 0.310. The largest absolute Gasteiger partial charge is 0.379 e. The highest BCUT2D eigenvalue weighted by Gasteiger charge is 2.20. The van der Waals surface area contributed by atoms with E-state index in [4.69, 9.17) is 11.0 Å². The van der Waals surface area contributed by atoms with Gasteiger partial charge in [0.15, 0.2) is 23.0 Å². The van der Waals surface area contributed by atoms with Gasteiger partial charge in [-0.3, -0.25) is 5.43 Å². The van der Waals surface area contributed by atoms with Crippen LogP contribution in [0.5, 0.6) is 0 Å². The minimum Gasteiger partial charge on any atom is -0.379 e. The number of nitrogens with one attached hydrogen (secondary N) is 2. The average Bonchev–Trinajstić information content (AvgIpc) is 3.19. The van der Waals surface area contributed by atoms with Crippen LogP contribution in [0, 0.1) is 11.3 Å². The highest BCUT2D eigenvalue weighted by Crippen LogP contribution is 2.26. The number of nitrogen functional groups attached to an aromatic ring is 1. The van der Waals surface area contributed by atoms with Crippen LogP contribution in [0.2, 0.25) is 0 Å². The molecule has 10 heteroatoms. The third kappa shape index (κ3) is 2.20. The molecule has 4 rings (SSSR count). The Hall–Kier alpha value is -3.87. The molecule has 0 bridgehead atoms. The van der Waals surface area contributed by atoms with Crippen LogP contribution >= 0.6 is 0 Å². The van der Waals surface area contributed by atoms with Gasteiger partial charge in [0.25, 0.3) is 0 Å². The molecule has 0 aromatic carbocycles. The predicted molar refractivity (Wildman–Crippen MR) is 83.3 cm³/mol. The third-order valence-electron chi connectivity index (χ3n) is 3.49. The first-order valence-electron chi connectivity index (χ1n) is 6.99. The number of hydrazine groups is 1. The van der Waals surface area contributed by atoms with Crippen molar-refractivity contribution < 1.29 is 4.63 Å². The molecule has 10 nitrogen and oxygen atoms in total. The number of nitriles is 1. The molecule has 0 unspecified atom stereocenters. The minimum absolute atomic E-state index is 0.155. The highest BCUT2D eigenvalue weighted by atomic mass is 16.6. The molecule has 0 saturated heterocycles. The van der Waals surface area contributed by atoms with Crippen LogP contribution in [0.4, 0.5) is 5.82 Å². The van der Waals surface area contributed by atoms with E-state index in [0.717, 1.165) is 5.70 Å². The van der Waals surface area contributed by atoms with Gasteiger partial charge in [0.1, 0.15) is 17.3 Å². The molecule has 3 aromatic heterocycles. The van der Waals surface area contributed by atoms with Crippen molar-refractivity contribution in [3.05, 3.63) is 41.9 Å². The number of nitrogens with zero attached hydrogens (tertiary/aromatic N) is 6. The lowest BCUT2D eigenvalue weighted by Crippen LogP contribution is -2.34. The van der Waals surface area contributed by atoms with E-state index in [0.29, 0.717) is 34.9 Å². The van der Waals surface area contributed by atoms with E-state index in [2.05, 4.69) is 35.8 Å².